The highest BCUT2D eigenvalue weighted by molar-refractivity contribution is 5.10. The monoisotopic (exact) mass is 209 g/mol. The van der Waals surface area contributed by atoms with Gasteiger partial charge in [0.1, 0.15) is 0 Å². The fourth-order valence-electron chi connectivity index (χ4n) is 1.63. The molecule has 1 aromatic rings. The molecule has 0 aliphatic rings. The highest BCUT2D eigenvalue weighted by atomic mass is 15.3. The molecule has 86 valence electrons. The van der Waals surface area contributed by atoms with Gasteiger partial charge in [-0.05, 0) is 33.2 Å². The first-order valence-electron chi connectivity index (χ1n) is 5.96. The van der Waals surface area contributed by atoms with Crippen LogP contribution in [0.25, 0.3) is 0 Å². The second kappa shape index (κ2) is 5.91. The van der Waals surface area contributed by atoms with Crippen molar-refractivity contribution in [3.63, 3.8) is 0 Å². The molecule has 0 spiro atoms. The van der Waals surface area contributed by atoms with Crippen molar-refractivity contribution in [3.8, 4) is 0 Å². The van der Waals surface area contributed by atoms with Crippen molar-refractivity contribution in [1.82, 2.24) is 15.1 Å². The second-order valence-electron chi connectivity index (χ2n) is 4.26. The average Bonchev–Trinajstić information content (AvgIpc) is 2.68. The smallest absolute Gasteiger partial charge is 0.0537 e. The predicted octanol–water partition coefficient (Wildman–Crippen LogP) is 2.91. The molecule has 1 unspecified atom stereocenters. The van der Waals surface area contributed by atoms with Gasteiger partial charge in [-0.15, -0.1) is 0 Å². The predicted molar refractivity (Wildman–Crippen MR) is 63.9 cm³/mol. The molecule has 1 heterocycles. The number of nitrogens with one attached hydrogen (secondary N) is 1. The molecule has 0 aliphatic carbocycles. The van der Waals surface area contributed by atoms with Crippen LogP contribution in [-0.2, 0) is 0 Å². The van der Waals surface area contributed by atoms with Gasteiger partial charge >= 0.3 is 0 Å². The summed E-state index contributed by atoms with van der Waals surface area (Å²) in [5.41, 5.74) is 1.31. The van der Waals surface area contributed by atoms with Crippen molar-refractivity contribution in [2.24, 2.45) is 0 Å². The van der Waals surface area contributed by atoms with Gasteiger partial charge in [0.15, 0.2) is 0 Å². The van der Waals surface area contributed by atoms with Gasteiger partial charge in [-0.1, -0.05) is 13.8 Å². The van der Waals surface area contributed by atoms with Gasteiger partial charge in [-0.25, -0.2) is 0 Å². The van der Waals surface area contributed by atoms with Gasteiger partial charge in [-0.2, -0.15) is 5.10 Å². The molecule has 0 amide bonds. The highest BCUT2D eigenvalue weighted by Gasteiger charge is 2.11. The standard InChI is InChI=1S/C12H23N3/c1-5-7-13-12(6-2)11-8-14-15(9-11)10(3)4/h8-10,12-13H,5-7H2,1-4H3. The van der Waals surface area contributed by atoms with E-state index in [0.717, 1.165) is 13.0 Å². The molecule has 1 rings (SSSR count). The summed E-state index contributed by atoms with van der Waals surface area (Å²) in [4.78, 5) is 0. The van der Waals surface area contributed by atoms with Crippen molar-refractivity contribution >= 4 is 0 Å². The summed E-state index contributed by atoms with van der Waals surface area (Å²) in [5, 5.41) is 7.90. The van der Waals surface area contributed by atoms with E-state index in [-0.39, 0.29) is 0 Å². The third-order valence-electron chi connectivity index (χ3n) is 2.60. The Labute approximate surface area is 92.9 Å². The summed E-state index contributed by atoms with van der Waals surface area (Å²) in [6.07, 6.45) is 6.43. The van der Waals surface area contributed by atoms with Crippen molar-refractivity contribution in [3.05, 3.63) is 18.0 Å². The number of hydrogen-bond donors (Lipinski definition) is 1. The van der Waals surface area contributed by atoms with E-state index < -0.39 is 0 Å². The van der Waals surface area contributed by atoms with Gasteiger partial charge in [0, 0.05) is 23.8 Å². The Hall–Kier alpha value is -0.830. The molecule has 0 aliphatic heterocycles. The van der Waals surface area contributed by atoms with Gasteiger partial charge < -0.3 is 5.32 Å². The highest BCUT2D eigenvalue weighted by Crippen LogP contribution is 2.17. The first-order chi connectivity index (χ1) is 7.19. The Morgan fingerprint density at radius 1 is 1.40 bits per heavy atom. The minimum atomic E-state index is 0.447. The first kappa shape index (κ1) is 12.2. The molecular weight excluding hydrogens is 186 g/mol. The van der Waals surface area contributed by atoms with Crippen LogP contribution in [0.4, 0.5) is 0 Å². The quantitative estimate of drug-likeness (QED) is 0.780. The van der Waals surface area contributed by atoms with Crippen LogP contribution in [0.15, 0.2) is 12.4 Å². The second-order valence-corrected chi connectivity index (χ2v) is 4.26. The maximum absolute atomic E-state index is 4.37. The van der Waals surface area contributed by atoms with Gasteiger partial charge in [0.05, 0.1) is 6.20 Å². The van der Waals surface area contributed by atoms with Gasteiger partial charge in [0.2, 0.25) is 0 Å². The van der Waals surface area contributed by atoms with Crippen LogP contribution in [0.1, 0.15) is 58.2 Å². The normalized spacial score (nSPS) is 13.4. The van der Waals surface area contributed by atoms with E-state index >= 15 is 0 Å². The molecular formula is C12H23N3. The SMILES string of the molecule is CCCNC(CC)c1cnn(C(C)C)c1. The lowest BCUT2D eigenvalue weighted by Gasteiger charge is -2.14. The van der Waals surface area contributed by atoms with E-state index in [1.807, 2.05) is 10.9 Å². The molecule has 0 aromatic carbocycles. The molecule has 3 heteroatoms. The van der Waals surface area contributed by atoms with Crippen molar-refractivity contribution in [1.29, 1.82) is 0 Å². The van der Waals surface area contributed by atoms with E-state index in [0.29, 0.717) is 12.1 Å². The Kier molecular flexibility index (Phi) is 4.82. The Morgan fingerprint density at radius 3 is 2.60 bits per heavy atom. The van der Waals surface area contributed by atoms with Crippen molar-refractivity contribution in [2.75, 3.05) is 6.54 Å². The molecule has 0 radical (unpaired) electrons. The van der Waals surface area contributed by atoms with Crippen molar-refractivity contribution in [2.45, 2.75) is 52.6 Å². The lowest BCUT2D eigenvalue weighted by molar-refractivity contribution is 0.511. The summed E-state index contributed by atoms with van der Waals surface area (Å²) in [6, 6.07) is 0.903. The maximum Gasteiger partial charge on any atom is 0.0537 e. The number of aromatic nitrogens is 2. The van der Waals surface area contributed by atoms with Gasteiger partial charge in [0.25, 0.3) is 0 Å². The van der Waals surface area contributed by atoms with Crippen LogP contribution in [-0.4, -0.2) is 16.3 Å². The summed E-state index contributed by atoms with van der Waals surface area (Å²) < 4.78 is 2.02. The fraction of sp³-hybridized carbons (Fsp3) is 0.750. The zero-order valence-electron chi connectivity index (χ0n) is 10.3. The van der Waals surface area contributed by atoms with Crippen molar-refractivity contribution < 1.29 is 0 Å². The van der Waals surface area contributed by atoms with Crippen LogP contribution < -0.4 is 5.32 Å². The maximum atomic E-state index is 4.37. The van der Waals surface area contributed by atoms with E-state index in [9.17, 15) is 0 Å². The summed E-state index contributed by atoms with van der Waals surface area (Å²) >= 11 is 0. The largest absolute Gasteiger partial charge is 0.310 e. The number of rotatable bonds is 6. The average molecular weight is 209 g/mol. The number of nitrogens with zero attached hydrogens (tertiary/aromatic N) is 2. The van der Waals surface area contributed by atoms with E-state index in [4.69, 9.17) is 0 Å². The van der Waals surface area contributed by atoms with Gasteiger partial charge in [-0.3, -0.25) is 4.68 Å². The Morgan fingerprint density at radius 2 is 2.13 bits per heavy atom. The molecule has 0 bridgehead atoms. The Balaban J connectivity index is 2.65. The minimum absolute atomic E-state index is 0.447. The van der Waals surface area contributed by atoms with Crippen LogP contribution in [0, 0.1) is 0 Å². The van der Waals surface area contributed by atoms with Crippen LogP contribution in [0.5, 0.6) is 0 Å². The lowest BCUT2D eigenvalue weighted by atomic mass is 10.1. The molecule has 1 N–H and O–H groups in total. The summed E-state index contributed by atoms with van der Waals surface area (Å²) in [6.45, 7) is 9.77. The van der Waals surface area contributed by atoms with Crippen LogP contribution >= 0.6 is 0 Å². The molecule has 0 saturated carbocycles. The molecule has 0 saturated heterocycles. The first-order valence-corrected chi connectivity index (χ1v) is 5.96. The molecule has 1 atom stereocenters. The van der Waals surface area contributed by atoms with E-state index in [1.54, 1.807) is 0 Å². The summed E-state index contributed by atoms with van der Waals surface area (Å²) in [7, 11) is 0. The molecule has 3 nitrogen and oxygen atoms in total. The van der Waals surface area contributed by atoms with Crippen LogP contribution in [0.2, 0.25) is 0 Å². The topological polar surface area (TPSA) is 29.9 Å². The zero-order chi connectivity index (χ0) is 11.3. The number of hydrogen-bond acceptors (Lipinski definition) is 2. The molecule has 1 aromatic heterocycles. The zero-order valence-corrected chi connectivity index (χ0v) is 10.3. The summed E-state index contributed by atoms with van der Waals surface area (Å²) in [5.74, 6) is 0. The minimum Gasteiger partial charge on any atom is -0.310 e. The molecule has 0 fully saturated rings. The molecule has 15 heavy (non-hydrogen) atoms. The van der Waals surface area contributed by atoms with E-state index in [2.05, 4.69) is 44.3 Å². The fourth-order valence-corrected chi connectivity index (χ4v) is 1.63. The third-order valence-corrected chi connectivity index (χ3v) is 2.60. The van der Waals surface area contributed by atoms with E-state index in [1.165, 1.54) is 12.0 Å². The van der Waals surface area contributed by atoms with Crippen LogP contribution in [0.3, 0.4) is 0 Å². The Bertz CT molecular complexity index is 278. The lowest BCUT2D eigenvalue weighted by Crippen LogP contribution is -2.21. The third kappa shape index (κ3) is 3.34.